The molecule has 2 heterocycles. The van der Waals surface area contributed by atoms with Crippen molar-refractivity contribution in [2.45, 2.75) is 63.3 Å². The van der Waals surface area contributed by atoms with E-state index < -0.39 is 11.6 Å². The number of nitrogens with zero attached hydrogens (tertiary/aromatic N) is 2. The normalized spacial score (nSPS) is 25.9. The van der Waals surface area contributed by atoms with E-state index in [0.29, 0.717) is 19.5 Å². The molecular formula is C28H33N3O3. The lowest BCUT2D eigenvalue weighted by Crippen LogP contribution is -2.62. The van der Waals surface area contributed by atoms with Gasteiger partial charge in [0.05, 0.1) is 24.2 Å². The van der Waals surface area contributed by atoms with Crippen molar-refractivity contribution >= 4 is 5.91 Å². The van der Waals surface area contributed by atoms with Gasteiger partial charge in [-0.2, -0.15) is 0 Å². The quantitative estimate of drug-likeness (QED) is 0.558. The Labute approximate surface area is 201 Å². The van der Waals surface area contributed by atoms with Crippen LogP contribution in [0.3, 0.4) is 0 Å². The highest BCUT2D eigenvalue weighted by Gasteiger charge is 2.47. The molecule has 1 aliphatic carbocycles. The van der Waals surface area contributed by atoms with E-state index in [9.17, 15) is 9.90 Å². The van der Waals surface area contributed by atoms with Crippen LogP contribution in [-0.2, 0) is 11.3 Å². The van der Waals surface area contributed by atoms with Gasteiger partial charge in [-0.1, -0.05) is 78.7 Å². The van der Waals surface area contributed by atoms with E-state index in [1.54, 1.807) is 0 Å². The van der Waals surface area contributed by atoms with Crippen molar-refractivity contribution in [2.75, 3.05) is 6.54 Å². The number of nitrogens with one attached hydrogen (secondary N) is 1. The zero-order valence-corrected chi connectivity index (χ0v) is 19.7. The van der Waals surface area contributed by atoms with Crippen LogP contribution < -0.4 is 5.32 Å². The van der Waals surface area contributed by atoms with E-state index in [4.69, 9.17) is 4.52 Å². The van der Waals surface area contributed by atoms with Gasteiger partial charge in [0.15, 0.2) is 5.76 Å². The van der Waals surface area contributed by atoms with Crippen LogP contribution >= 0.6 is 0 Å². The number of hydrogen-bond acceptors (Lipinski definition) is 5. The number of piperidine rings is 1. The molecule has 0 radical (unpaired) electrons. The Morgan fingerprint density at radius 3 is 2.50 bits per heavy atom. The standard InChI is InChI=1S/C28H33N3O3/c1-28(33)16-17-31(19-23-18-24(30-34-23)20-10-4-2-5-11-20)25(21-12-6-3-7-13-21)26(28)29-27(32)22-14-8-9-15-22/h2-7,10-13,18,22,25-26,33H,8-9,14-17,19H2,1H3,(H,29,32)/t25-,26-,28+/m0/s1. The molecule has 2 aromatic carbocycles. The van der Waals surface area contributed by atoms with Crippen LogP contribution in [0, 0.1) is 5.92 Å². The number of benzene rings is 2. The summed E-state index contributed by atoms with van der Waals surface area (Å²) >= 11 is 0. The molecule has 34 heavy (non-hydrogen) atoms. The van der Waals surface area contributed by atoms with Crippen LogP contribution in [0.5, 0.6) is 0 Å². The van der Waals surface area contributed by atoms with Crippen molar-refractivity contribution in [3.8, 4) is 11.3 Å². The molecule has 3 aromatic rings. The summed E-state index contributed by atoms with van der Waals surface area (Å²) in [5.41, 5.74) is 1.88. The minimum absolute atomic E-state index is 0.0466. The van der Waals surface area contributed by atoms with Crippen molar-refractivity contribution in [1.29, 1.82) is 0 Å². The van der Waals surface area contributed by atoms with Crippen molar-refractivity contribution in [1.82, 2.24) is 15.4 Å². The number of likely N-dealkylation sites (tertiary alicyclic amines) is 1. The third kappa shape index (κ3) is 4.79. The molecule has 1 aromatic heterocycles. The monoisotopic (exact) mass is 459 g/mol. The Balaban J connectivity index is 1.43. The Morgan fingerprint density at radius 1 is 1.12 bits per heavy atom. The first-order chi connectivity index (χ1) is 16.5. The van der Waals surface area contributed by atoms with E-state index in [0.717, 1.165) is 48.3 Å². The summed E-state index contributed by atoms with van der Waals surface area (Å²) in [6, 6.07) is 21.5. The van der Waals surface area contributed by atoms with E-state index >= 15 is 0 Å². The van der Waals surface area contributed by atoms with Crippen molar-refractivity contribution in [3.05, 3.63) is 78.1 Å². The minimum Gasteiger partial charge on any atom is -0.388 e. The van der Waals surface area contributed by atoms with Crippen LogP contribution in [0.1, 0.15) is 56.4 Å². The van der Waals surface area contributed by atoms with Gasteiger partial charge in [0.2, 0.25) is 5.91 Å². The summed E-state index contributed by atoms with van der Waals surface area (Å²) in [6.45, 7) is 3.08. The van der Waals surface area contributed by atoms with Gasteiger partial charge >= 0.3 is 0 Å². The number of aliphatic hydroxyl groups is 1. The largest absolute Gasteiger partial charge is 0.388 e. The highest BCUT2D eigenvalue weighted by molar-refractivity contribution is 5.79. The van der Waals surface area contributed by atoms with Gasteiger partial charge in [0, 0.05) is 24.1 Å². The molecule has 1 saturated heterocycles. The topological polar surface area (TPSA) is 78.6 Å². The van der Waals surface area contributed by atoms with E-state index in [1.807, 2.05) is 61.5 Å². The fourth-order valence-corrected chi connectivity index (χ4v) is 5.47. The Hall–Kier alpha value is -2.96. The molecule has 3 atom stereocenters. The molecule has 2 N–H and O–H groups in total. The molecule has 1 amide bonds. The fourth-order valence-electron chi connectivity index (χ4n) is 5.47. The van der Waals surface area contributed by atoms with Gasteiger partial charge in [0.25, 0.3) is 0 Å². The first-order valence-electron chi connectivity index (χ1n) is 12.3. The van der Waals surface area contributed by atoms with Crippen LogP contribution in [0.15, 0.2) is 71.3 Å². The average molecular weight is 460 g/mol. The number of amides is 1. The van der Waals surface area contributed by atoms with Gasteiger partial charge in [-0.15, -0.1) is 0 Å². The molecule has 178 valence electrons. The predicted octanol–water partition coefficient (Wildman–Crippen LogP) is 4.71. The van der Waals surface area contributed by atoms with Crippen LogP contribution in [0.4, 0.5) is 0 Å². The number of hydrogen-bond donors (Lipinski definition) is 2. The average Bonchev–Trinajstić information content (AvgIpc) is 3.55. The zero-order chi connectivity index (χ0) is 23.5. The minimum atomic E-state index is -1.01. The van der Waals surface area contributed by atoms with E-state index in [1.165, 1.54) is 0 Å². The Bertz CT molecular complexity index is 1090. The molecule has 1 saturated carbocycles. The molecule has 6 heteroatoms. The van der Waals surface area contributed by atoms with E-state index in [-0.39, 0.29) is 17.9 Å². The molecule has 0 bridgehead atoms. The first-order valence-corrected chi connectivity index (χ1v) is 12.3. The van der Waals surface area contributed by atoms with Gasteiger partial charge in [-0.05, 0) is 31.7 Å². The van der Waals surface area contributed by atoms with Crippen molar-refractivity contribution < 1.29 is 14.4 Å². The molecule has 6 nitrogen and oxygen atoms in total. The number of rotatable bonds is 6. The Morgan fingerprint density at radius 2 is 1.79 bits per heavy atom. The van der Waals surface area contributed by atoms with Gasteiger partial charge in [0.1, 0.15) is 5.69 Å². The lowest BCUT2D eigenvalue weighted by molar-refractivity contribution is -0.132. The molecule has 2 fully saturated rings. The van der Waals surface area contributed by atoms with Crippen LogP contribution in [0.25, 0.3) is 11.3 Å². The summed E-state index contributed by atoms with van der Waals surface area (Å²) in [7, 11) is 0. The number of carbonyl (C=O) groups excluding carboxylic acids is 1. The van der Waals surface area contributed by atoms with E-state index in [2.05, 4.69) is 27.5 Å². The Kier molecular flexibility index (Phi) is 6.53. The second kappa shape index (κ2) is 9.72. The maximum atomic E-state index is 13.1. The third-order valence-corrected chi connectivity index (χ3v) is 7.44. The maximum Gasteiger partial charge on any atom is 0.223 e. The van der Waals surface area contributed by atoms with Gasteiger partial charge in [-0.3, -0.25) is 9.69 Å². The number of carbonyl (C=O) groups is 1. The first kappa shape index (κ1) is 22.8. The lowest BCUT2D eigenvalue weighted by atomic mass is 9.79. The lowest BCUT2D eigenvalue weighted by Gasteiger charge is -2.49. The molecule has 5 rings (SSSR count). The summed E-state index contributed by atoms with van der Waals surface area (Å²) in [5.74, 6) is 0.879. The molecule has 2 aliphatic rings. The maximum absolute atomic E-state index is 13.1. The molecule has 1 aliphatic heterocycles. The van der Waals surface area contributed by atoms with Gasteiger partial charge < -0.3 is 14.9 Å². The molecule has 0 spiro atoms. The molecule has 0 unspecified atom stereocenters. The fraction of sp³-hybridized carbons (Fsp3) is 0.429. The summed E-state index contributed by atoms with van der Waals surface area (Å²) in [4.78, 5) is 15.4. The van der Waals surface area contributed by atoms with Crippen molar-refractivity contribution in [2.24, 2.45) is 5.92 Å². The summed E-state index contributed by atoms with van der Waals surface area (Å²) in [5, 5.41) is 19.0. The highest BCUT2D eigenvalue weighted by atomic mass is 16.5. The number of aromatic nitrogens is 1. The van der Waals surface area contributed by atoms with Crippen LogP contribution in [0.2, 0.25) is 0 Å². The predicted molar refractivity (Wildman–Crippen MR) is 131 cm³/mol. The smallest absolute Gasteiger partial charge is 0.223 e. The SMILES string of the molecule is C[C@@]1(O)CCN(Cc2cc(-c3ccccc3)no2)[C@@H](c2ccccc2)[C@@H]1NC(=O)C1CCCC1. The summed E-state index contributed by atoms with van der Waals surface area (Å²) in [6.07, 6.45) is 4.62. The second-order valence-corrected chi connectivity index (χ2v) is 9.95. The van der Waals surface area contributed by atoms with Gasteiger partial charge in [-0.25, -0.2) is 0 Å². The molecular weight excluding hydrogens is 426 g/mol. The summed E-state index contributed by atoms with van der Waals surface area (Å²) < 4.78 is 5.71. The van der Waals surface area contributed by atoms with Crippen molar-refractivity contribution in [3.63, 3.8) is 0 Å². The van der Waals surface area contributed by atoms with Crippen LogP contribution in [-0.4, -0.2) is 39.3 Å². The highest BCUT2D eigenvalue weighted by Crippen LogP contribution is 2.39. The second-order valence-electron chi connectivity index (χ2n) is 9.95. The third-order valence-electron chi connectivity index (χ3n) is 7.44. The zero-order valence-electron chi connectivity index (χ0n) is 19.7.